The first-order valence-corrected chi connectivity index (χ1v) is 9.29. The quantitative estimate of drug-likeness (QED) is 0.455. The monoisotopic (exact) mass is 349 g/mol. The molecule has 27 heavy (non-hydrogen) atoms. The minimum Gasteiger partial charge on any atom is -0.320 e. The normalized spacial score (nSPS) is 11.9. The zero-order chi connectivity index (χ0) is 18.6. The van der Waals surface area contributed by atoms with Gasteiger partial charge >= 0.3 is 0 Å². The van der Waals surface area contributed by atoms with Crippen molar-refractivity contribution in [2.24, 2.45) is 5.73 Å². The van der Waals surface area contributed by atoms with Gasteiger partial charge in [0.1, 0.15) is 0 Å². The second-order valence-corrected chi connectivity index (χ2v) is 6.90. The van der Waals surface area contributed by atoms with Crippen molar-refractivity contribution in [3.8, 4) is 22.3 Å². The van der Waals surface area contributed by atoms with Gasteiger partial charge in [-0.25, -0.2) is 0 Å². The maximum atomic E-state index is 6.49. The molecule has 1 heteroatoms. The molecule has 0 fully saturated rings. The van der Waals surface area contributed by atoms with Gasteiger partial charge in [-0.15, -0.1) is 0 Å². The van der Waals surface area contributed by atoms with Crippen LogP contribution in [0, 0.1) is 6.92 Å². The van der Waals surface area contributed by atoms with Gasteiger partial charge in [0.05, 0.1) is 6.04 Å². The Labute approximate surface area is 161 Å². The summed E-state index contributed by atoms with van der Waals surface area (Å²) in [4.78, 5) is 0. The molecule has 0 aliphatic carbocycles. The van der Waals surface area contributed by atoms with Crippen LogP contribution in [0.1, 0.15) is 22.7 Å². The highest BCUT2D eigenvalue weighted by Crippen LogP contribution is 2.27. The number of benzene rings is 4. The van der Waals surface area contributed by atoms with E-state index in [4.69, 9.17) is 5.73 Å². The molecule has 1 nitrogen and oxygen atoms in total. The highest BCUT2D eigenvalue weighted by atomic mass is 14.6. The molecule has 0 aliphatic heterocycles. The van der Waals surface area contributed by atoms with E-state index in [1.807, 2.05) is 18.2 Å². The fourth-order valence-electron chi connectivity index (χ4n) is 3.48. The van der Waals surface area contributed by atoms with E-state index < -0.39 is 0 Å². The molecular weight excluding hydrogens is 326 g/mol. The Morgan fingerprint density at radius 2 is 0.963 bits per heavy atom. The van der Waals surface area contributed by atoms with E-state index >= 15 is 0 Å². The fraction of sp³-hybridized carbons (Fsp3) is 0.0769. The third-order valence-corrected chi connectivity index (χ3v) is 5.12. The smallest absolute Gasteiger partial charge is 0.0554 e. The van der Waals surface area contributed by atoms with E-state index in [2.05, 4.69) is 91.9 Å². The molecule has 1 atom stereocenters. The van der Waals surface area contributed by atoms with Gasteiger partial charge in [-0.1, -0.05) is 103 Å². The Hall–Kier alpha value is -3.16. The van der Waals surface area contributed by atoms with Crippen molar-refractivity contribution in [1.82, 2.24) is 0 Å². The van der Waals surface area contributed by atoms with Gasteiger partial charge in [-0.3, -0.25) is 0 Å². The van der Waals surface area contributed by atoms with Crippen molar-refractivity contribution >= 4 is 0 Å². The maximum Gasteiger partial charge on any atom is 0.0554 e. The first-order valence-electron chi connectivity index (χ1n) is 9.29. The third-order valence-electron chi connectivity index (χ3n) is 5.12. The lowest BCUT2D eigenvalue weighted by molar-refractivity contribution is 0.862. The highest BCUT2D eigenvalue weighted by molar-refractivity contribution is 5.70. The van der Waals surface area contributed by atoms with Crippen molar-refractivity contribution in [3.05, 3.63) is 120 Å². The van der Waals surface area contributed by atoms with Crippen LogP contribution in [0.15, 0.2) is 103 Å². The molecule has 132 valence electrons. The Bertz CT molecular complexity index is 1020. The van der Waals surface area contributed by atoms with Gasteiger partial charge in [0, 0.05) is 0 Å². The number of hydrogen-bond acceptors (Lipinski definition) is 1. The summed E-state index contributed by atoms with van der Waals surface area (Å²) in [5.74, 6) is 0. The van der Waals surface area contributed by atoms with E-state index in [9.17, 15) is 0 Å². The largest absolute Gasteiger partial charge is 0.320 e. The fourth-order valence-corrected chi connectivity index (χ4v) is 3.48. The summed E-state index contributed by atoms with van der Waals surface area (Å²) in [5.41, 5.74) is 14.9. The van der Waals surface area contributed by atoms with E-state index in [1.165, 1.54) is 33.4 Å². The molecule has 1 unspecified atom stereocenters. The average molecular weight is 349 g/mol. The molecule has 2 N–H and O–H groups in total. The SMILES string of the molecule is Cc1ccccc1C(N)c1ccc(-c2ccc(-c3ccccc3)cc2)cc1. The molecule has 0 spiro atoms. The molecule has 4 aromatic carbocycles. The predicted octanol–water partition coefficient (Wildman–Crippen LogP) is 6.38. The van der Waals surface area contributed by atoms with Crippen molar-refractivity contribution in [1.29, 1.82) is 0 Å². The molecular formula is C26H23N. The highest BCUT2D eigenvalue weighted by Gasteiger charge is 2.11. The van der Waals surface area contributed by atoms with Crippen LogP contribution in [0.5, 0.6) is 0 Å². The molecule has 4 aromatic rings. The standard InChI is InChI=1S/C26H23N/c1-19-7-5-6-10-25(19)26(27)24-17-15-23(16-18-24)22-13-11-21(12-14-22)20-8-3-2-4-9-20/h2-18,26H,27H2,1H3. The van der Waals surface area contributed by atoms with E-state index in [0.29, 0.717) is 0 Å². The maximum absolute atomic E-state index is 6.49. The molecule has 0 saturated heterocycles. The molecule has 0 amide bonds. The minimum atomic E-state index is -0.0966. The van der Waals surface area contributed by atoms with E-state index in [0.717, 1.165) is 5.56 Å². The molecule has 0 aliphatic rings. The Morgan fingerprint density at radius 1 is 0.519 bits per heavy atom. The first-order chi connectivity index (χ1) is 13.2. The predicted molar refractivity (Wildman–Crippen MR) is 115 cm³/mol. The van der Waals surface area contributed by atoms with Crippen LogP contribution in [0.25, 0.3) is 22.3 Å². The van der Waals surface area contributed by atoms with Crippen LogP contribution in [-0.2, 0) is 0 Å². The Kier molecular flexibility index (Phi) is 4.86. The second kappa shape index (κ2) is 7.61. The van der Waals surface area contributed by atoms with Gasteiger partial charge in [-0.05, 0) is 45.9 Å². The van der Waals surface area contributed by atoms with Gasteiger partial charge in [0.15, 0.2) is 0 Å². The van der Waals surface area contributed by atoms with Crippen LogP contribution >= 0.6 is 0 Å². The van der Waals surface area contributed by atoms with Crippen molar-refractivity contribution in [2.75, 3.05) is 0 Å². The first kappa shape index (κ1) is 17.3. The topological polar surface area (TPSA) is 26.0 Å². The van der Waals surface area contributed by atoms with Gasteiger partial charge < -0.3 is 5.73 Å². The number of aryl methyl sites for hydroxylation is 1. The lowest BCUT2D eigenvalue weighted by Gasteiger charge is -2.15. The zero-order valence-electron chi connectivity index (χ0n) is 15.5. The van der Waals surface area contributed by atoms with Gasteiger partial charge in [-0.2, -0.15) is 0 Å². The van der Waals surface area contributed by atoms with Crippen molar-refractivity contribution in [3.63, 3.8) is 0 Å². The lowest BCUT2D eigenvalue weighted by Crippen LogP contribution is -2.13. The molecule has 0 aromatic heterocycles. The van der Waals surface area contributed by atoms with Gasteiger partial charge in [0.25, 0.3) is 0 Å². The summed E-state index contributed by atoms with van der Waals surface area (Å²) in [5, 5.41) is 0. The number of nitrogens with two attached hydrogens (primary N) is 1. The Morgan fingerprint density at radius 3 is 1.52 bits per heavy atom. The number of rotatable bonds is 4. The summed E-state index contributed by atoms with van der Waals surface area (Å²) in [6.07, 6.45) is 0. The zero-order valence-corrected chi connectivity index (χ0v) is 15.5. The van der Waals surface area contributed by atoms with E-state index in [1.54, 1.807) is 0 Å². The summed E-state index contributed by atoms with van der Waals surface area (Å²) in [6, 6.07) is 36.0. The number of hydrogen-bond donors (Lipinski definition) is 1. The second-order valence-electron chi connectivity index (χ2n) is 6.90. The minimum absolute atomic E-state index is 0.0966. The molecule has 0 bridgehead atoms. The van der Waals surface area contributed by atoms with Crippen LogP contribution in [0.4, 0.5) is 0 Å². The van der Waals surface area contributed by atoms with Gasteiger partial charge in [0.2, 0.25) is 0 Å². The molecule has 0 heterocycles. The summed E-state index contributed by atoms with van der Waals surface area (Å²) < 4.78 is 0. The molecule has 4 rings (SSSR count). The van der Waals surface area contributed by atoms with Crippen LogP contribution < -0.4 is 5.73 Å². The molecule has 0 saturated carbocycles. The van der Waals surface area contributed by atoms with Crippen LogP contribution in [0.2, 0.25) is 0 Å². The van der Waals surface area contributed by atoms with Crippen LogP contribution in [-0.4, -0.2) is 0 Å². The van der Waals surface area contributed by atoms with E-state index in [-0.39, 0.29) is 6.04 Å². The van der Waals surface area contributed by atoms with Crippen molar-refractivity contribution < 1.29 is 0 Å². The molecule has 0 radical (unpaired) electrons. The summed E-state index contributed by atoms with van der Waals surface area (Å²) >= 11 is 0. The van der Waals surface area contributed by atoms with Crippen molar-refractivity contribution in [2.45, 2.75) is 13.0 Å². The lowest BCUT2D eigenvalue weighted by atomic mass is 9.94. The Balaban J connectivity index is 1.56. The third kappa shape index (κ3) is 3.69. The average Bonchev–Trinajstić information content (AvgIpc) is 2.74. The summed E-state index contributed by atoms with van der Waals surface area (Å²) in [6.45, 7) is 2.11. The van der Waals surface area contributed by atoms with Crippen LogP contribution in [0.3, 0.4) is 0 Å². The summed E-state index contributed by atoms with van der Waals surface area (Å²) in [7, 11) is 0.